The molecule has 4 nitrogen and oxygen atoms in total. The van der Waals surface area contributed by atoms with E-state index in [0.29, 0.717) is 6.04 Å². The molecule has 0 radical (unpaired) electrons. The second kappa shape index (κ2) is 6.61. The first-order chi connectivity index (χ1) is 9.60. The molecular weight excluding hydrogens is 255 g/mol. The summed E-state index contributed by atoms with van der Waals surface area (Å²) in [6, 6.07) is 3.91. The molecule has 1 N–H and O–H groups in total. The van der Waals surface area contributed by atoms with Crippen molar-refractivity contribution in [3.8, 4) is 0 Å². The van der Waals surface area contributed by atoms with Crippen LogP contribution >= 0.6 is 0 Å². The van der Waals surface area contributed by atoms with Crippen LogP contribution in [0.4, 0.5) is 4.39 Å². The molecule has 2 aromatic heterocycles. The van der Waals surface area contributed by atoms with E-state index in [9.17, 15) is 4.39 Å². The van der Waals surface area contributed by atoms with Crippen molar-refractivity contribution in [2.24, 2.45) is 0 Å². The van der Waals surface area contributed by atoms with Gasteiger partial charge in [0, 0.05) is 30.9 Å². The molecule has 2 aromatic rings. The zero-order chi connectivity index (χ0) is 14.5. The van der Waals surface area contributed by atoms with Gasteiger partial charge in [-0.3, -0.25) is 9.67 Å². The molecule has 0 aliphatic carbocycles. The molecule has 1 unspecified atom stereocenters. The summed E-state index contributed by atoms with van der Waals surface area (Å²) in [7, 11) is 0. The Morgan fingerprint density at radius 3 is 2.75 bits per heavy atom. The fraction of sp³-hybridized carbons (Fsp3) is 0.467. The van der Waals surface area contributed by atoms with Gasteiger partial charge in [-0.15, -0.1) is 0 Å². The molecule has 0 spiro atoms. The molecule has 0 bridgehead atoms. The van der Waals surface area contributed by atoms with Crippen molar-refractivity contribution in [1.29, 1.82) is 0 Å². The van der Waals surface area contributed by atoms with E-state index < -0.39 is 0 Å². The summed E-state index contributed by atoms with van der Waals surface area (Å²) in [5.41, 5.74) is 1.85. The van der Waals surface area contributed by atoms with Gasteiger partial charge < -0.3 is 5.32 Å². The zero-order valence-corrected chi connectivity index (χ0v) is 12.2. The lowest BCUT2D eigenvalue weighted by atomic mass is 10.0. The smallest absolute Gasteiger partial charge is 0.141 e. The molecule has 5 heteroatoms. The number of hydrogen-bond donors (Lipinski definition) is 1. The number of nitrogens with one attached hydrogen (secondary N) is 1. The van der Waals surface area contributed by atoms with Crippen LogP contribution in [0.1, 0.15) is 44.1 Å². The van der Waals surface area contributed by atoms with E-state index in [1.165, 1.54) is 12.3 Å². The summed E-state index contributed by atoms with van der Waals surface area (Å²) in [5.74, 6) is -0.307. The van der Waals surface area contributed by atoms with Gasteiger partial charge in [-0.25, -0.2) is 4.39 Å². The van der Waals surface area contributed by atoms with Gasteiger partial charge in [-0.2, -0.15) is 5.10 Å². The number of pyridine rings is 1. The number of halogens is 1. The molecule has 108 valence electrons. The van der Waals surface area contributed by atoms with Gasteiger partial charge in [0.2, 0.25) is 0 Å². The Morgan fingerprint density at radius 1 is 1.35 bits per heavy atom. The van der Waals surface area contributed by atoms with Crippen LogP contribution < -0.4 is 5.32 Å². The first kappa shape index (κ1) is 14.7. The van der Waals surface area contributed by atoms with Crippen LogP contribution in [0.25, 0.3) is 0 Å². The summed E-state index contributed by atoms with van der Waals surface area (Å²) in [5, 5.41) is 7.90. The van der Waals surface area contributed by atoms with E-state index in [1.807, 2.05) is 23.9 Å². The van der Waals surface area contributed by atoms with Gasteiger partial charge in [0.15, 0.2) is 0 Å². The van der Waals surface area contributed by atoms with Crippen LogP contribution in [0, 0.1) is 5.82 Å². The van der Waals surface area contributed by atoms with E-state index in [1.54, 1.807) is 6.20 Å². The Morgan fingerprint density at radius 2 is 2.15 bits per heavy atom. The third kappa shape index (κ3) is 3.63. The summed E-state index contributed by atoms with van der Waals surface area (Å²) in [6.07, 6.45) is 5.63. The van der Waals surface area contributed by atoms with Crippen LogP contribution in [-0.4, -0.2) is 21.3 Å². The van der Waals surface area contributed by atoms with Gasteiger partial charge in [0.05, 0.1) is 11.9 Å². The Hall–Kier alpha value is -1.75. The van der Waals surface area contributed by atoms with Crippen LogP contribution in [0.3, 0.4) is 0 Å². The predicted molar refractivity (Wildman–Crippen MR) is 76.9 cm³/mol. The minimum absolute atomic E-state index is 0.0266. The van der Waals surface area contributed by atoms with Crippen molar-refractivity contribution >= 4 is 0 Å². The molecule has 0 aliphatic rings. The number of nitrogens with zero attached hydrogens (tertiary/aromatic N) is 3. The fourth-order valence-corrected chi connectivity index (χ4v) is 2.16. The molecule has 2 rings (SSSR count). The van der Waals surface area contributed by atoms with E-state index in [4.69, 9.17) is 0 Å². The van der Waals surface area contributed by atoms with Gasteiger partial charge in [0.1, 0.15) is 5.82 Å². The van der Waals surface area contributed by atoms with E-state index in [-0.39, 0.29) is 11.9 Å². The van der Waals surface area contributed by atoms with Crippen molar-refractivity contribution in [2.75, 3.05) is 6.54 Å². The zero-order valence-electron chi connectivity index (χ0n) is 12.2. The number of rotatable bonds is 6. The fourth-order valence-electron chi connectivity index (χ4n) is 2.16. The Balaban J connectivity index is 2.16. The minimum Gasteiger partial charge on any atom is -0.310 e. The second-order valence-corrected chi connectivity index (χ2v) is 5.13. The third-order valence-corrected chi connectivity index (χ3v) is 3.18. The van der Waals surface area contributed by atoms with Crippen LogP contribution in [0.5, 0.6) is 0 Å². The highest BCUT2D eigenvalue weighted by atomic mass is 19.1. The molecule has 0 saturated carbocycles. The minimum atomic E-state index is -0.307. The Labute approximate surface area is 119 Å². The van der Waals surface area contributed by atoms with Gasteiger partial charge in [-0.05, 0) is 38.1 Å². The summed E-state index contributed by atoms with van der Waals surface area (Å²) in [4.78, 5) is 3.92. The van der Waals surface area contributed by atoms with E-state index >= 15 is 0 Å². The van der Waals surface area contributed by atoms with Crippen molar-refractivity contribution < 1.29 is 4.39 Å². The third-order valence-electron chi connectivity index (χ3n) is 3.18. The number of likely N-dealkylation sites (N-methyl/N-ethyl adjacent to an activating group) is 1. The van der Waals surface area contributed by atoms with Crippen LogP contribution in [0.15, 0.2) is 30.7 Å². The predicted octanol–water partition coefficient (Wildman–Crippen LogP) is 2.89. The molecule has 0 fully saturated rings. The molecule has 0 aliphatic heterocycles. The lowest BCUT2D eigenvalue weighted by Gasteiger charge is -2.17. The summed E-state index contributed by atoms with van der Waals surface area (Å²) >= 11 is 0. The molecule has 2 heterocycles. The van der Waals surface area contributed by atoms with Gasteiger partial charge >= 0.3 is 0 Å². The standard InChI is InChI=1S/C15H21FN4/c1-4-18-15(12-7-13(16)10-17-9-12)8-14-5-6-20(19-14)11(2)3/h5-7,9-11,15,18H,4,8H2,1-3H3. The quantitative estimate of drug-likeness (QED) is 0.882. The van der Waals surface area contributed by atoms with Crippen molar-refractivity contribution in [3.63, 3.8) is 0 Å². The average molecular weight is 276 g/mol. The molecule has 0 amide bonds. The number of aromatic nitrogens is 3. The van der Waals surface area contributed by atoms with Crippen LogP contribution in [-0.2, 0) is 6.42 Å². The highest BCUT2D eigenvalue weighted by molar-refractivity contribution is 5.18. The summed E-state index contributed by atoms with van der Waals surface area (Å²) < 4.78 is 15.2. The number of hydrogen-bond acceptors (Lipinski definition) is 3. The monoisotopic (exact) mass is 276 g/mol. The Kier molecular flexibility index (Phi) is 4.84. The second-order valence-electron chi connectivity index (χ2n) is 5.13. The van der Waals surface area contributed by atoms with Crippen molar-refractivity contribution in [1.82, 2.24) is 20.1 Å². The SMILES string of the molecule is CCNC(Cc1ccn(C(C)C)n1)c1cncc(F)c1. The highest BCUT2D eigenvalue weighted by Crippen LogP contribution is 2.18. The maximum atomic E-state index is 13.3. The Bertz CT molecular complexity index is 550. The molecule has 20 heavy (non-hydrogen) atoms. The van der Waals surface area contributed by atoms with Gasteiger partial charge in [0.25, 0.3) is 0 Å². The van der Waals surface area contributed by atoms with E-state index in [0.717, 1.165) is 24.2 Å². The highest BCUT2D eigenvalue weighted by Gasteiger charge is 2.14. The van der Waals surface area contributed by atoms with Crippen molar-refractivity contribution in [2.45, 2.75) is 39.3 Å². The first-order valence-electron chi connectivity index (χ1n) is 6.98. The lowest BCUT2D eigenvalue weighted by molar-refractivity contribution is 0.504. The topological polar surface area (TPSA) is 42.7 Å². The normalized spacial score (nSPS) is 12.8. The van der Waals surface area contributed by atoms with Crippen molar-refractivity contribution in [3.05, 3.63) is 47.8 Å². The summed E-state index contributed by atoms with van der Waals surface area (Å²) in [6.45, 7) is 7.03. The first-order valence-corrected chi connectivity index (χ1v) is 6.98. The average Bonchev–Trinajstić information content (AvgIpc) is 2.87. The molecule has 0 aromatic carbocycles. The van der Waals surface area contributed by atoms with Gasteiger partial charge in [-0.1, -0.05) is 6.92 Å². The molecular formula is C15H21FN4. The molecule has 0 saturated heterocycles. The largest absolute Gasteiger partial charge is 0.310 e. The lowest BCUT2D eigenvalue weighted by Crippen LogP contribution is -2.23. The maximum Gasteiger partial charge on any atom is 0.141 e. The van der Waals surface area contributed by atoms with E-state index in [2.05, 4.69) is 29.2 Å². The maximum absolute atomic E-state index is 13.3. The molecule has 1 atom stereocenters. The van der Waals surface area contributed by atoms with Crippen LogP contribution in [0.2, 0.25) is 0 Å².